The Bertz CT molecular complexity index is 891. The van der Waals surface area contributed by atoms with Gasteiger partial charge < -0.3 is 14.2 Å². The molecule has 0 fully saturated rings. The van der Waals surface area contributed by atoms with E-state index in [0.717, 1.165) is 5.56 Å². The van der Waals surface area contributed by atoms with Crippen LogP contribution in [0.5, 0.6) is 17.2 Å². The molecule has 0 aliphatic carbocycles. The molecule has 0 atom stereocenters. The Hall–Kier alpha value is -3.15. The van der Waals surface area contributed by atoms with Gasteiger partial charge >= 0.3 is 5.97 Å². The Morgan fingerprint density at radius 3 is 2.17 bits per heavy atom. The third-order valence-electron chi connectivity index (χ3n) is 3.46. The average molecular weight is 324 g/mol. The van der Waals surface area contributed by atoms with Gasteiger partial charge in [0.2, 0.25) is 0 Å². The standard InChI is InChI=1S/C18H16N2O4/c1-11(21)24-13-6-4-12(5-7-13)16-10-19-14-8-17(22-2)18(23-3)9-15(14)20-16/h4-10H,1-3H3. The van der Waals surface area contributed by atoms with Crippen LogP contribution in [-0.4, -0.2) is 30.2 Å². The van der Waals surface area contributed by atoms with Gasteiger partial charge in [0.05, 0.1) is 37.1 Å². The molecule has 1 aromatic heterocycles. The number of ether oxygens (including phenoxy) is 3. The number of hydrogen-bond acceptors (Lipinski definition) is 6. The molecule has 0 aliphatic rings. The number of carbonyl (C=O) groups is 1. The van der Waals surface area contributed by atoms with Gasteiger partial charge in [0.15, 0.2) is 11.5 Å². The van der Waals surface area contributed by atoms with Crippen LogP contribution in [0.1, 0.15) is 6.92 Å². The summed E-state index contributed by atoms with van der Waals surface area (Å²) in [4.78, 5) is 20.0. The predicted molar refractivity (Wildman–Crippen MR) is 89.4 cm³/mol. The average Bonchev–Trinajstić information content (AvgIpc) is 2.60. The van der Waals surface area contributed by atoms with Crippen LogP contribution in [-0.2, 0) is 4.79 Å². The minimum Gasteiger partial charge on any atom is -0.493 e. The van der Waals surface area contributed by atoms with E-state index < -0.39 is 0 Å². The zero-order valence-corrected chi connectivity index (χ0v) is 13.6. The Balaban J connectivity index is 1.99. The lowest BCUT2D eigenvalue weighted by molar-refractivity contribution is -0.131. The highest BCUT2D eigenvalue weighted by Crippen LogP contribution is 2.31. The summed E-state index contributed by atoms with van der Waals surface area (Å²) >= 11 is 0. The normalized spacial score (nSPS) is 10.5. The highest BCUT2D eigenvalue weighted by atomic mass is 16.5. The fourth-order valence-corrected chi connectivity index (χ4v) is 2.34. The van der Waals surface area contributed by atoms with Crippen LogP contribution < -0.4 is 14.2 Å². The van der Waals surface area contributed by atoms with Crippen molar-refractivity contribution in [3.05, 3.63) is 42.6 Å². The van der Waals surface area contributed by atoms with E-state index in [1.807, 2.05) is 12.1 Å². The maximum absolute atomic E-state index is 11.0. The first-order chi connectivity index (χ1) is 11.6. The Morgan fingerprint density at radius 2 is 1.58 bits per heavy atom. The van der Waals surface area contributed by atoms with E-state index in [2.05, 4.69) is 9.97 Å². The smallest absolute Gasteiger partial charge is 0.308 e. The third kappa shape index (κ3) is 3.12. The molecule has 6 heteroatoms. The van der Waals surface area contributed by atoms with Crippen molar-refractivity contribution >= 4 is 17.0 Å². The van der Waals surface area contributed by atoms with Crippen LogP contribution in [0.2, 0.25) is 0 Å². The van der Waals surface area contributed by atoms with Crippen molar-refractivity contribution in [2.45, 2.75) is 6.92 Å². The summed E-state index contributed by atoms with van der Waals surface area (Å²) in [5.74, 6) is 1.35. The molecular formula is C18H16N2O4. The van der Waals surface area contributed by atoms with Gasteiger partial charge in [0, 0.05) is 24.6 Å². The lowest BCUT2D eigenvalue weighted by atomic mass is 10.1. The van der Waals surface area contributed by atoms with Gasteiger partial charge in [-0.2, -0.15) is 0 Å². The van der Waals surface area contributed by atoms with Crippen molar-refractivity contribution in [2.75, 3.05) is 14.2 Å². The third-order valence-corrected chi connectivity index (χ3v) is 3.46. The molecule has 0 saturated heterocycles. The van der Waals surface area contributed by atoms with Gasteiger partial charge in [0.1, 0.15) is 5.75 Å². The highest BCUT2D eigenvalue weighted by molar-refractivity contribution is 5.81. The SMILES string of the molecule is COc1cc2ncc(-c3ccc(OC(C)=O)cc3)nc2cc1OC. The molecule has 0 aliphatic heterocycles. The van der Waals surface area contributed by atoms with Gasteiger partial charge in [-0.1, -0.05) is 0 Å². The van der Waals surface area contributed by atoms with Crippen molar-refractivity contribution in [3.63, 3.8) is 0 Å². The quantitative estimate of drug-likeness (QED) is 0.542. The molecule has 0 amide bonds. The fourth-order valence-electron chi connectivity index (χ4n) is 2.34. The van der Waals surface area contributed by atoms with Crippen LogP contribution in [0, 0.1) is 0 Å². The summed E-state index contributed by atoms with van der Waals surface area (Å²) in [7, 11) is 3.16. The van der Waals surface area contributed by atoms with E-state index in [9.17, 15) is 4.79 Å². The molecule has 0 unspecified atom stereocenters. The van der Waals surface area contributed by atoms with E-state index in [0.29, 0.717) is 34.0 Å². The first-order valence-electron chi connectivity index (χ1n) is 7.28. The molecule has 2 aromatic carbocycles. The maximum atomic E-state index is 11.0. The summed E-state index contributed by atoms with van der Waals surface area (Å²) in [6.45, 7) is 1.37. The molecule has 0 saturated carbocycles. The van der Waals surface area contributed by atoms with Crippen molar-refractivity contribution < 1.29 is 19.0 Å². The molecular weight excluding hydrogens is 308 g/mol. The number of rotatable bonds is 4. The Labute approximate surface area is 139 Å². The number of benzene rings is 2. The summed E-state index contributed by atoms with van der Waals surface area (Å²) in [6, 6.07) is 10.7. The zero-order valence-electron chi connectivity index (χ0n) is 13.6. The van der Waals surface area contributed by atoms with Crippen LogP contribution in [0.15, 0.2) is 42.6 Å². The molecule has 0 radical (unpaired) electrons. The number of methoxy groups -OCH3 is 2. The van der Waals surface area contributed by atoms with Gasteiger partial charge in [-0.25, -0.2) is 4.98 Å². The lowest BCUT2D eigenvalue weighted by Crippen LogP contribution is -2.00. The first kappa shape index (κ1) is 15.7. The largest absolute Gasteiger partial charge is 0.493 e. The van der Waals surface area contributed by atoms with Gasteiger partial charge in [-0.15, -0.1) is 0 Å². The summed E-state index contributed by atoms with van der Waals surface area (Å²) < 4.78 is 15.6. The predicted octanol–water partition coefficient (Wildman–Crippen LogP) is 3.24. The zero-order chi connectivity index (χ0) is 17.1. The molecule has 24 heavy (non-hydrogen) atoms. The number of fused-ring (bicyclic) bond motifs is 1. The fraction of sp³-hybridized carbons (Fsp3) is 0.167. The van der Waals surface area contributed by atoms with Gasteiger partial charge in [-0.05, 0) is 24.3 Å². The molecule has 1 heterocycles. The highest BCUT2D eigenvalue weighted by Gasteiger charge is 2.09. The monoisotopic (exact) mass is 324 g/mol. The lowest BCUT2D eigenvalue weighted by Gasteiger charge is -2.09. The number of esters is 1. The van der Waals surface area contributed by atoms with E-state index in [1.165, 1.54) is 6.92 Å². The van der Waals surface area contributed by atoms with E-state index in [1.54, 1.807) is 44.7 Å². The molecule has 3 aromatic rings. The number of carbonyl (C=O) groups excluding carboxylic acids is 1. The summed E-state index contributed by atoms with van der Waals surface area (Å²) in [5, 5.41) is 0. The van der Waals surface area contributed by atoms with E-state index in [-0.39, 0.29) is 5.97 Å². The molecule has 0 spiro atoms. The number of aromatic nitrogens is 2. The molecule has 122 valence electrons. The second-order valence-corrected chi connectivity index (χ2v) is 5.07. The van der Waals surface area contributed by atoms with Crippen molar-refractivity contribution in [3.8, 4) is 28.5 Å². The Kier molecular flexibility index (Phi) is 4.29. The molecule has 0 N–H and O–H groups in total. The van der Waals surface area contributed by atoms with Crippen LogP contribution in [0.4, 0.5) is 0 Å². The second kappa shape index (κ2) is 6.54. The van der Waals surface area contributed by atoms with Crippen molar-refractivity contribution in [1.29, 1.82) is 0 Å². The van der Waals surface area contributed by atoms with Crippen LogP contribution in [0.3, 0.4) is 0 Å². The Morgan fingerprint density at radius 1 is 0.958 bits per heavy atom. The van der Waals surface area contributed by atoms with E-state index >= 15 is 0 Å². The topological polar surface area (TPSA) is 70.5 Å². The number of hydrogen-bond donors (Lipinski definition) is 0. The van der Waals surface area contributed by atoms with Crippen LogP contribution in [0.25, 0.3) is 22.3 Å². The molecule has 3 rings (SSSR count). The summed E-state index contributed by atoms with van der Waals surface area (Å²) in [6.07, 6.45) is 1.69. The minimum absolute atomic E-state index is 0.353. The second-order valence-electron chi connectivity index (χ2n) is 5.07. The summed E-state index contributed by atoms with van der Waals surface area (Å²) in [5.41, 5.74) is 3.00. The van der Waals surface area contributed by atoms with Crippen LogP contribution >= 0.6 is 0 Å². The maximum Gasteiger partial charge on any atom is 0.308 e. The van der Waals surface area contributed by atoms with Gasteiger partial charge in [0.25, 0.3) is 0 Å². The van der Waals surface area contributed by atoms with Gasteiger partial charge in [-0.3, -0.25) is 9.78 Å². The van der Waals surface area contributed by atoms with Crippen molar-refractivity contribution in [2.24, 2.45) is 0 Å². The number of nitrogens with zero attached hydrogens (tertiary/aromatic N) is 2. The minimum atomic E-state index is -0.353. The molecule has 6 nitrogen and oxygen atoms in total. The first-order valence-corrected chi connectivity index (χ1v) is 7.28. The van der Waals surface area contributed by atoms with E-state index in [4.69, 9.17) is 14.2 Å². The van der Waals surface area contributed by atoms with Crippen molar-refractivity contribution in [1.82, 2.24) is 9.97 Å². The molecule has 0 bridgehead atoms.